The Balaban J connectivity index is 2.34. The van der Waals surface area contributed by atoms with E-state index in [9.17, 15) is 0 Å². The largest absolute Gasteiger partial charge is 0.465 e. The first-order chi connectivity index (χ1) is 6.76. The van der Waals surface area contributed by atoms with Crippen LogP contribution >= 0.6 is 11.8 Å². The molecule has 0 spiro atoms. The predicted molar refractivity (Wildman–Crippen MR) is 59.1 cm³/mol. The summed E-state index contributed by atoms with van der Waals surface area (Å²) in [6.45, 7) is 4.14. The molecule has 0 amide bonds. The molecule has 1 unspecified atom stereocenters. The first-order valence-corrected chi connectivity index (χ1v) is 5.87. The molecule has 0 aliphatic heterocycles. The lowest BCUT2D eigenvalue weighted by atomic mass is 10.4. The van der Waals surface area contributed by atoms with Gasteiger partial charge < -0.3 is 4.42 Å². The van der Waals surface area contributed by atoms with Crippen molar-refractivity contribution in [1.82, 2.24) is 0 Å². The molecule has 0 fully saturated rings. The Labute approximate surface area is 89.3 Å². The Morgan fingerprint density at radius 3 is 2.79 bits per heavy atom. The van der Waals surface area contributed by atoms with Crippen LogP contribution < -0.4 is 0 Å². The van der Waals surface area contributed by atoms with Gasteiger partial charge in [0.25, 0.3) is 0 Å². The molecule has 2 nitrogen and oxygen atoms in total. The first kappa shape index (κ1) is 11.2. The lowest BCUT2D eigenvalue weighted by molar-refractivity contribution is 0.485. The second-order valence-electron chi connectivity index (χ2n) is 3.21. The molecule has 76 valence electrons. The van der Waals surface area contributed by atoms with Crippen molar-refractivity contribution in [2.24, 2.45) is 0 Å². The van der Waals surface area contributed by atoms with Crippen LogP contribution in [0.5, 0.6) is 0 Å². The average Bonchev–Trinajstić information content (AvgIpc) is 2.63. The van der Waals surface area contributed by atoms with Gasteiger partial charge in [0.15, 0.2) is 0 Å². The maximum atomic E-state index is 8.49. The second-order valence-corrected chi connectivity index (χ2v) is 4.63. The quantitative estimate of drug-likeness (QED) is 0.746. The molecule has 1 aromatic heterocycles. The van der Waals surface area contributed by atoms with Crippen molar-refractivity contribution in [3.05, 3.63) is 23.7 Å². The maximum Gasteiger partial charge on any atom is 0.114 e. The van der Waals surface area contributed by atoms with Gasteiger partial charge in [0.05, 0.1) is 11.8 Å². The summed E-state index contributed by atoms with van der Waals surface area (Å²) < 4.78 is 5.56. The molecule has 3 heteroatoms. The molecule has 0 saturated heterocycles. The summed E-state index contributed by atoms with van der Waals surface area (Å²) in [4.78, 5) is 0. The summed E-state index contributed by atoms with van der Waals surface area (Å²) >= 11 is 1.76. The fourth-order valence-corrected chi connectivity index (χ4v) is 1.90. The van der Waals surface area contributed by atoms with Crippen LogP contribution in [0.15, 0.2) is 16.5 Å². The Morgan fingerprint density at radius 2 is 2.21 bits per heavy atom. The van der Waals surface area contributed by atoms with E-state index >= 15 is 0 Å². The lowest BCUT2D eigenvalue weighted by Crippen LogP contribution is -1.93. The second kappa shape index (κ2) is 5.77. The molecule has 0 N–H and O–H groups in total. The van der Waals surface area contributed by atoms with Crippen LogP contribution in [-0.4, -0.2) is 5.25 Å². The number of nitriles is 1. The fraction of sp³-hybridized carbons (Fsp3) is 0.545. The van der Waals surface area contributed by atoms with Crippen molar-refractivity contribution in [3.8, 4) is 6.07 Å². The molecule has 0 aliphatic carbocycles. The Bertz CT molecular complexity index is 313. The van der Waals surface area contributed by atoms with Crippen LogP contribution in [-0.2, 0) is 12.2 Å². The Morgan fingerprint density at radius 1 is 1.50 bits per heavy atom. The van der Waals surface area contributed by atoms with Gasteiger partial charge in [-0.15, -0.1) is 11.8 Å². The summed E-state index contributed by atoms with van der Waals surface area (Å²) in [6.07, 6.45) is 1.55. The number of furan rings is 1. The van der Waals surface area contributed by atoms with Crippen LogP contribution in [0.4, 0.5) is 0 Å². The molecular weight excluding hydrogens is 194 g/mol. The summed E-state index contributed by atoms with van der Waals surface area (Å²) in [6, 6.07) is 6.21. The van der Waals surface area contributed by atoms with Gasteiger partial charge in [-0.2, -0.15) is 5.26 Å². The zero-order valence-corrected chi connectivity index (χ0v) is 9.43. The minimum absolute atomic E-state index is 0.384. The van der Waals surface area contributed by atoms with Gasteiger partial charge >= 0.3 is 0 Å². The maximum absolute atomic E-state index is 8.49. The van der Waals surface area contributed by atoms with Gasteiger partial charge in [-0.05, 0) is 12.1 Å². The topological polar surface area (TPSA) is 36.9 Å². The summed E-state index contributed by atoms with van der Waals surface area (Å²) in [5.41, 5.74) is 0. The van der Waals surface area contributed by atoms with E-state index in [1.165, 1.54) is 0 Å². The molecule has 1 atom stereocenters. The van der Waals surface area contributed by atoms with Gasteiger partial charge in [-0.3, -0.25) is 0 Å². The highest BCUT2D eigenvalue weighted by atomic mass is 32.2. The first-order valence-electron chi connectivity index (χ1n) is 4.82. The van der Waals surface area contributed by atoms with E-state index in [1.807, 2.05) is 12.1 Å². The third-order valence-electron chi connectivity index (χ3n) is 1.95. The molecule has 0 bridgehead atoms. The van der Waals surface area contributed by atoms with E-state index in [2.05, 4.69) is 19.9 Å². The smallest absolute Gasteiger partial charge is 0.114 e. The molecule has 0 aromatic carbocycles. The van der Waals surface area contributed by atoms with Crippen LogP contribution in [0.1, 0.15) is 31.8 Å². The summed E-state index contributed by atoms with van der Waals surface area (Å²) in [7, 11) is 0. The third kappa shape index (κ3) is 3.47. The number of aryl methyl sites for hydroxylation is 1. The summed E-state index contributed by atoms with van der Waals surface area (Å²) in [5.74, 6) is 2.91. The minimum atomic E-state index is 0.384. The van der Waals surface area contributed by atoms with E-state index in [0.717, 1.165) is 23.7 Å². The minimum Gasteiger partial charge on any atom is -0.465 e. The highest BCUT2D eigenvalue weighted by Crippen LogP contribution is 2.21. The van der Waals surface area contributed by atoms with Crippen molar-refractivity contribution in [1.29, 1.82) is 5.26 Å². The van der Waals surface area contributed by atoms with Crippen LogP contribution in [0.2, 0.25) is 0 Å². The standard InChI is InChI=1S/C11H15NOS/c1-3-10-4-5-11(13-10)8-14-9(2)6-7-12/h4-5,9H,3,6,8H2,1-2H3. The SMILES string of the molecule is CCc1ccc(CSC(C)CC#N)o1. The zero-order chi connectivity index (χ0) is 10.4. The van der Waals surface area contributed by atoms with Gasteiger partial charge in [0.2, 0.25) is 0 Å². The average molecular weight is 209 g/mol. The number of hydrogen-bond donors (Lipinski definition) is 0. The van der Waals surface area contributed by atoms with Gasteiger partial charge in [-0.25, -0.2) is 0 Å². The molecule has 0 saturated carbocycles. The van der Waals surface area contributed by atoms with E-state index in [1.54, 1.807) is 11.8 Å². The number of rotatable bonds is 5. The zero-order valence-electron chi connectivity index (χ0n) is 8.62. The van der Waals surface area contributed by atoms with Crippen molar-refractivity contribution < 1.29 is 4.42 Å². The van der Waals surface area contributed by atoms with E-state index in [-0.39, 0.29) is 0 Å². The van der Waals surface area contributed by atoms with Crippen LogP contribution in [0.3, 0.4) is 0 Å². The van der Waals surface area contributed by atoms with Crippen molar-refractivity contribution in [2.45, 2.75) is 37.7 Å². The normalized spacial score (nSPS) is 12.4. The molecule has 0 aliphatic rings. The van der Waals surface area contributed by atoms with Crippen molar-refractivity contribution in [3.63, 3.8) is 0 Å². The molecule has 1 heterocycles. The monoisotopic (exact) mass is 209 g/mol. The molecule has 1 aromatic rings. The van der Waals surface area contributed by atoms with Crippen molar-refractivity contribution in [2.75, 3.05) is 0 Å². The lowest BCUT2D eigenvalue weighted by Gasteiger charge is -2.04. The molecule has 1 rings (SSSR count). The van der Waals surface area contributed by atoms with E-state index in [4.69, 9.17) is 9.68 Å². The Kier molecular flexibility index (Phi) is 4.61. The van der Waals surface area contributed by atoms with Gasteiger partial charge in [0, 0.05) is 18.1 Å². The molecule has 14 heavy (non-hydrogen) atoms. The van der Waals surface area contributed by atoms with Gasteiger partial charge in [-0.1, -0.05) is 13.8 Å². The summed E-state index contributed by atoms with van der Waals surface area (Å²) in [5, 5.41) is 8.87. The Hall–Kier alpha value is -0.880. The predicted octanol–water partition coefficient (Wildman–Crippen LogP) is 3.38. The fourth-order valence-electron chi connectivity index (χ4n) is 1.10. The highest BCUT2D eigenvalue weighted by Gasteiger charge is 2.05. The van der Waals surface area contributed by atoms with E-state index in [0.29, 0.717) is 11.7 Å². The molecule has 0 radical (unpaired) electrons. The number of nitrogens with zero attached hydrogens (tertiary/aromatic N) is 1. The van der Waals surface area contributed by atoms with Gasteiger partial charge in [0.1, 0.15) is 11.5 Å². The highest BCUT2D eigenvalue weighted by molar-refractivity contribution is 7.99. The number of thioether (sulfide) groups is 1. The number of hydrogen-bond acceptors (Lipinski definition) is 3. The third-order valence-corrected chi connectivity index (χ3v) is 3.14. The molecular formula is C11H15NOS. The van der Waals surface area contributed by atoms with Crippen LogP contribution in [0, 0.1) is 11.3 Å². The van der Waals surface area contributed by atoms with Crippen LogP contribution in [0.25, 0.3) is 0 Å². The van der Waals surface area contributed by atoms with E-state index < -0.39 is 0 Å². The van der Waals surface area contributed by atoms with Crippen molar-refractivity contribution >= 4 is 11.8 Å².